The zero-order valence-electron chi connectivity index (χ0n) is 14.7. The molecule has 1 aliphatic heterocycles. The van der Waals surface area contributed by atoms with Crippen molar-refractivity contribution in [1.29, 1.82) is 0 Å². The molecule has 1 aliphatic rings. The van der Waals surface area contributed by atoms with E-state index >= 15 is 0 Å². The van der Waals surface area contributed by atoms with Crippen LogP contribution in [-0.4, -0.2) is 43.6 Å². The van der Waals surface area contributed by atoms with Crippen molar-refractivity contribution in [2.75, 3.05) is 13.1 Å². The predicted octanol–water partition coefficient (Wildman–Crippen LogP) is 3.22. The van der Waals surface area contributed by atoms with Crippen LogP contribution in [0.2, 0.25) is 0 Å². The zero-order valence-corrected chi connectivity index (χ0v) is 15.5. The van der Waals surface area contributed by atoms with Gasteiger partial charge in [0.2, 0.25) is 0 Å². The van der Waals surface area contributed by atoms with E-state index in [4.69, 9.17) is 4.52 Å². The lowest BCUT2D eigenvalue weighted by Crippen LogP contribution is -2.39. The summed E-state index contributed by atoms with van der Waals surface area (Å²) in [7, 11) is 0. The monoisotopic (exact) mass is 369 g/mol. The van der Waals surface area contributed by atoms with Crippen LogP contribution in [0.15, 0.2) is 28.9 Å². The zero-order chi connectivity index (χ0) is 18.1. The number of rotatable bonds is 3. The first-order valence-corrected chi connectivity index (χ1v) is 9.37. The lowest BCUT2D eigenvalue weighted by atomic mass is 9.93. The van der Waals surface area contributed by atoms with E-state index in [-0.39, 0.29) is 11.8 Å². The fourth-order valence-electron chi connectivity index (χ4n) is 3.37. The van der Waals surface area contributed by atoms with Crippen molar-refractivity contribution in [3.63, 3.8) is 0 Å². The van der Waals surface area contributed by atoms with Gasteiger partial charge in [0.1, 0.15) is 4.88 Å². The first-order chi connectivity index (χ1) is 12.6. The van der Waals surface area contributed by atoms with Crippen LogP contribution in [0.3, 0.4) is 0 Å². The Hall–Kier alpha value is -2.61. The molecule has 0 bridgehead atoms. The number of aryl methyl sites for hydroxylation is 2. The second kappa shape index (κ2) is 6.95. The molecule has 0 spiro atoms. The molecule has 26 heavy (non-hydrogen) atoms. The highest BCUT2D eigenvalue weighted by molar-refractivity contribution is 7.09. The average Bonchev–Trinajstić information content (AvgIpc) is 3.30. The topological polar surface area (TPSA) is 85.0 Å². The molecule has 3 aromatic rings. The van der Waals surface area contributed by atoms with E-state index in [9.17, 15) is 4.79 Å². The summed E-state index contributed by atoms with van der Waals surface area (Å²) in [4.78, 5) is 20.0. The van der Waals surface area contributed by atoms with Crippen molar-refractivity contribution in [2.45, 2.75) is 32.6 Å². The molecule has 7 nitrogen and oxygen atoms in total. The van der Waals surface area contributed by atoms with Crippen molar-refractivity contribution in [2.24, 2.45) is 0 Å². The fourth-order valence-corrected chi connectivity index (χ4v) is 4.07. The molecule has 3 aromatic heterocycles. The number of hydrogen-bond acceptors (Lipinski definition) is 7. The van der Waals surface area contributed by atoms with Gasteiger partial charge in [0.05, 0.1) is 17.0 Å². The lowest BCUT2D eigenvalue weighted by Gasteiger charge is -2.32. The summed E-state index contributed by atoms with van der Waals surface area (Å²) in [6, 6.07) is 5.53. The number of pyridine rings is 1. The number of hydrogen-bond donors (Lipinski definition) is 0. The summed E-state index contributed by atoms with van der Waals surface area (Å²) in [5, 5.41) is 8.30. The van der Waals surface area contributed by atoms with Gasteiger partial charge >= 0.3 is 0 Å². The van der Waals surface area contributed by atoms with Gasteiger partial charge in [0.15, 0.2) is 5.76 Å². The van der Waals surface area contributed by atoms with Crippen LogP contribution in [0.25, 0.3) is 10.6 Å². The van der Waals surface area contributed by atoms with Crippen LogP contribution in [0.1, 0.15) is 46.2 Å². The van der Waals surface area contributed by atoms with Crippen molar-refractivity contribution >= 4 is 17.4 Å². The molecule has 0 unspecified atom stereocenters. The Morgan fingerprint density at radius 1 is 1.38 bits per heavy atom. The van der Waals surface area contributed by atoms with Gasteiger partial charge in [-0.25, -0.2) is 0 Å². The highest BCUT2D eigenvalue weighted by Gasteiger charge is 2.30. The van der Waals surface area contributed by atoms with Gasteiger partial charge in [0, 0.05) is 37.0 Å². The van der Waals surface area contributed by atoms with Crippen LogP contribution >= 0.6 is 11.5 Å². The van der Waals surface area contributed by atoms with E-state index in [0.29, 0.717) is 17.9 Å². The van der Waals surface area contributed by atoms with E-state index in [1.54, 1.807) is 12.3 Å². The lowest BCUT2D eigenvalue weighted by molar-refractivity contribution is 0.0704. The van der Waals surface area contributed by atoms with Gasteiger partial charge in [-0.05, 0) is 50.4 Å². The Morgan fingerprint density at radius 2 is 2.27 bits per heavy atom. The van der Waals surface area contributed by atoms with E-state index in [1.807, 2.05) is 30.9 Å². The summed E-state index contributed by atoms with van der Waals surface area (Å²) in [6.45, 7) is 5.12. The van der Waals surface area contributed by atoms with Crippen LogP contribution in [-0.2, 0) is 0 Å². The number of amides is 1. The van der Waals surface area contributed by atoms with E-state index in [1.165, 1.54) is 11.5 Å². The molecule has 1 saturated heterocycles. The molecule has 0 saturated carbocycles. The highest BCUT2D eigenvalue weighted by Crippen LogP contribution is 2.35. The number of likely N-dealkylation sites (tertiary alicyclic amines) is 1. The second-order valence-electron chi connectivity index (χ2n) is 6.55. The van der Waals surface area contributed by atoms with Crippen LogP contribution in [0.5, 0.6) is 0 Å². The molecular weight excluding hydrogens is 350 g/mol. The average molecular weight is 369 g/mol. The van der Waals surface area contributed by atoms with Crippen LogP contribution < -0.4 is 0 Å². The normalized spacial score (nSPS) is 17.5. The van der Waals surface area contributed by atoms with Gasteiger partial charge in [-0.15, -0.1) is 5.10 Å². The Labute approximate surface area is 155 Å². The summed E-state index contributed by atoms with van der Waals surface area (Å²) < 4.78 is 9.51. The molecule has 4 rings (SSSR count). The van der Waals surface area contributed by atoms with E-state index < -0.39 is 0 Å². The summed E-state index contributed by atoms with van der Waals surface area (Å²) in [6.07, 6.45) is 3.61. The minimum Gasteiger partial charge on any atom is -0.355 e. The number of nitrogens with zero attached hydrogens (tertiary/aromatic N) is 5. The first-order valence-electron chi connectivity index (χ1n) is 8.60. The standard InChI is InChI=1S/C18H19N5O2S/c1-11-9-15(25-21-11)17-16(20-22-26-17)13-5-4-8-23(10-13)18(24)14-6-3-7-19-12(14)2/h3,6-7,9,13H,4-5,8,10H2,1-2H3/t13-/m0/s1. The maximum absolute atomic E-state index is 12.9. The van der Waals surface area contributed by atoms with E-state index in [2.05, 4.69) is 19.7 Å². The minimum atomic E-state index is 0.0283. The van der Waals surface area contributed by atoms with Gasteiger partial charge in [-0.2, -0.15) is 0 Å². The van der Waals surface area contributed by atoms with E-state index in [0.717, 1.165) is 41.3 Å². The van der Waals surface area contributed by atoms with Crippen molar-refractivity contribution in [3.8, 4) is 10.6 Å². The number of aromatic nitrogens is 4. The Morgan fingerprint density at radius 3 is 3.04 bits per heavy atom. The van der Waals surface area contributed by atoms with Crippen LogP contribution in [0, 0.1) is 13.8 Å². The third-order valence-electron chi connectivity index (χ3n) is 4.70. The molecule has 1 fully saturated rings. The third-order valence-corrected chi connectivity index (χ3v) is 5.45. The largest absolute Gasteiger partial charge is 0.355 e. The quantitative estimate of drug-likeness (QED) is 0.705. The Kier molecular flexibility index (Phi) is 4.50. The van der Waals surface area contributed by atoms with Crippen molar-refractivity contribution in [3.05, 3.63) is 47.0 Å². The number of carbonyl (C=O) groups is 1. The van der Waals surface area contributed by atoms with Gasteiger partial charge in [-0.3, -0.25) is 9.78 Å². The summed E-state index contributed by atoms with van der Waals surface area (Å²) in [5.41, 5.74) is 3.14. The maximum atomic E-state index is 12.9. The third kappa shape index (κ3) is 3.12. The SMILES string of the molecule is Cc1cc(-c2snnc2[C@H]2CCCN(C(=O)c3cccnc3C)C2)on1. The molecule has 0 radical (unpaired) electrons. The Bertz CT molecular complexity index is 935. The number of piperidine rings is 1. The van der Waals surface area contributed by atoms with Crippen molar-refractivity contribution < 1.29 is 9.32 Å². The summed E-state index contributed by atoms with van der Waals surface area (Å²) in [5.74, 6) is 0.864. The minimum absolute atomic E-state index is 0.0283. The molecule has 134 valence electrons. The Balaban J connectivity index is 1.58. The maximum Gasteiger partial charge on any atom is 0.255 e. The fraction of sp³-hybridized carbons (Fsp3) is 0.389. The van der Waals surface area contributed by atoms with Gasteiger partial charge < -0.3 is 9.42 Å². The second-order valence-corrected chi connectivity index (χ2v) is 7.30. The summed E-state index contributed by atoms with van der Waals surface area (Å²) >= 11 is 1.31. The van der Waals surface area contributed by atoms with Gasteiger partial charge in [-0.1, -0.05) is 9.64 Å². The molecule has 4 heterocycles. The van der Waals surface area contributed by atoms with Crippen molar-refractivity contribution in [1.82, 2.24) is 24.6 Å². The molecule has 0 aliphatic carbocycles. The smallest absolute Gasteiger partial charge is 0.255 e. The van der Waals surface area contributed by atoms with Crippen LogP contribution in [0.4, 0.5) is 0 Å². The molecule has 1 amide bonds. The number of carbonyl (C=O) groups excluding carboxylic acids is 1. The first kappa shape index (κ1) is 16.8. The molecular formula is C18H19N5O2S. The molecule has 0 aromatic carbocycles. The highest BCUT2D eigenvalue weighted by atomic mass is 32.1. The predicted molar refractivity (Wildman–Crippen MR) is 97.0 cm³/mol. The molecule has 0 N–H and O–H groups in total. The molecule has 1 atom stereocenters. The van der Waals surface area contributed by atoms with Gasteiger partial charge in [0.25, 0.3) is 5.91 Å². The molecule has 8 heteroatoms.